The highest BCUT2D eigenvalue weighted by Gasteiger charge is 2.11. The topological polar surface area (TPSA) is 67.3 Å². The number of hydrogen-bond acceptors (Lipinski definition) is 5. The molecule has 0 saturated carbocycles. The number of aliphatic hydroxyl groups is 1. The average Bonchev–Trinajstić information content (AvgIpc) is 2.47. The van der Waals surface area contributed by atoms with E-state index in [1.807, 2.05) is 24.3 Å². The van der Waals surface area contributed by atoms with Crippen molar-refractivity contribution in [2.75, 3.05) is 19.0 Å². The second kappa shape index (κ2) is 6.36. The van der Waals surface area contributed by atoms with Gasteiger partial charge in [0.2, 0.25) is 5.95 Å². The van der Waals surface area contributed by atoms with E-state index in [1.54, 1.807) is 7.11 Å². The van der Waals surface area contributed by atoms with Crippen molar-refractivity contribution in [1.29, 1.82) is 0 Å². The molecule has 1 aromatic carbocycles. The first-order chi connectivity index (χ1) is 9.22. The lowest BCUT2D eigenvalue weighted by Crippen LogP contribution is -2.16. The summed E-state index contributed by atoms with van der Waals surface area (Å²) in [5.74, 6) is 1.18. The summed E-state index contributed by atoms with van der Waals surface area (Å²) in [5, 5.41) is 13.0. The highest BCUT2D eigenvalue weighted by Crippen LogP contribution is 2.20. The van der Waals surface area contributed by atoms with Crippen molar-refractivity contribution in [2.24, 2.45) is 0 Å². The molecule has 0 saturated heterocycles. The molecule has 0 aliphatic rings. The van der Waals surface area contributed by atoms with Crippen molar-refractivity contribution < 1.29 is 9.84 Å². The quantitative estimate of drug-likeness (QED) is 0.879. The number of ether oxygens (including phenoxy) is 1. The number of nitrogens with zero attached hydrogens (tertiary/aromatic N) is 2. The predicted octanol–water partition coefficient (Wildman–Crippen LogP) is 2.28. The SMILES string of the molecule is COc1ccc([C@@H](CO)Nc2ncc(Cl)cn2)cc1. The maximum absolute atomic E-state index is 9.45. The molecule has 0 spiro atoms. The van der Waals surface area contributed by atoms with Crippen LogP contribution in [0.1, 0.15) is 11.6 Å². The smallest absolute Gasteiger partial charge is 0.223 e. The minimum Gasteiger partial charge on any atom is -0.497 e. The van der Waals surface area contributed by atoms with Gasteiger partial charge >= 0.3 is 0 Å². The molecule has 0 amide bonds. The Morgan fingerprint density at radius 2 is 1.89 bits per heavy atom. The Bertz CT molecular complexity index is 516. The lowest BCUT2D eigenvalue weighted by Gasteiger charge is -2.16. The molecule has 6 heteroatoms. The number of aromatic nitrogens is 2. The number of benzene rings is 1. The fraction of sp³-hybridized carbons (Fsp3) is 0.231. The van der Waals surface area contributed by atoms with Crippen LogP contribution in [0, 0.1) is 0 Å². The first kappa shape index (κ1) is 13.6. The second-order valence-corrected chi connectivity index (χ2v) is 4.31. The van der Waals surface area contributed by atoms with E-state index < -0.39 is 0 Å². The molecule has 2 aromatic rings. The maximum atomic E-state index is 9.45. The molecule has 1 heterocycles. The Hall–Kier alpha value is -1.85. The molecule has 1 aromatic heterocycles. The van der Waals surface area contributed by atoms with E-state index in [9.17, 15) is 5.11 Å². The molecule has 0 bridgehead atoms. The van der Waals surface area contributed by atoms with E-state index >= 15 is 0 Å². The number of aliphatic hydroxyl groups excluding tert-OH is 1. The largest absolute Gasteiger partial charge is 0.497 e. The molecule has 5 nitrogen and oxygen atoms in total. The number of nitrogens with one attached hydrogen (secondary N) is 1. The van der Waals surface area contributed by atoms with E-state index in [2.05, 4.69) is 15.3 Å². The number of anilines is 1. The molecule has 19 heavy (non-hydrogen) atoms. The maximum Gasteiger partial charge on any atom is 0.223 e. The Kier molecular flexibility index (Phi) is 4.54. The van der Waals surface area contributed by atoms with Gasteiger partial charge in [0, 0.05) is 0 Å². The molecule has 0 aliphatic heterocycles. The number of halogens is 1. The third-order valence-corrected chi connectivity index (χ3v) is 2.82. The van der Waals surface area contributed by atoms with Gasteiger partial charge in [0.15, 0.2) is 0 Å². The number of methoxy groups -OCH3 is 1. The van der Waals surface area contributed by atoms with Gasteiger partial charge in [-0.2, -0.15) is 0 Å². The molecule has 100 valence electrons. The van der Waals surface area contributed by atoms with Crippen LogP contribution in [0.25, 0.3) is 0 Å². The van der Waals surface area contributed by atoms with Gasteiger partial charge in [0.05, 0.1) is 37.2 Å². The number of rotatable bonds is 5. The zero-order valence-electron chi connectivity index (χ0n) is 10.4. The summed E-state index contributed by atoms with van der Waals surface area (Å²) in [4.78, 5) is 8.07. The summed E-state index contributed by atoms with van der Waals surface area (Å²) in [6.07, 6.45) is 3.00. The van der Waals surface area contributed by atoms with Crippen molar-refractivity contribution in [3.63, 3.8) is 0 Å². The standard InChI is InChI=1S/C13H14ClN3O2/c1-19-11-4-2-9(3-5-11)12(8-18)17-13-15-6-10(14)7-16-13/h2-7,12,18H,8H2,1H3,(H,15,16,17)/t12-/m1/s1. The molecule has 2 rings (SSSR count). The van der Waals surface area contributed by atoms with Crippen LogP contribution in [-0.4, -0.2) is 28.8 Å². The van der Waals surface area contributed by atoms with Gasteiger partial charge in [-0.15, -0.1) is 0 Å². The normalized spacial score (nSPS) is 11.9. The third-order valence-electron chi connectivity index (χ3n) is 2.62. The molecular formula is C13H14ClN3O2. The van der Waals surface area contributed by atoms with Gasteiger partial charge in [-0.3, -0.25) is 0 Å². The van der Waals surface area contributed by atoms with Crippen LogP contribution >= 0.6 is 11.6 Å². The van der Waals surface area contributed by atoms with Crippen LogP contribution in [0.15, 0.2) is 36.7 Å². The highest BCUT2D eigenvalue weighted by atomic mass is 35.5. The van der Waals surface area contributed by atoms with Gasteiger partial charge in [0.25, 0.3) is 0 Å². The second-order valence-electron chi connectivity index (χ2n) is 3.88. The Morgan fingerprint density at radius 1 is 1.26 bits per heavy atom. The van der Waals surface area contributed by atoms with Gasteiger partial charge in [-0.25, -0.2) is 9.97 Å². The van der Waals surface area contributed by atoms with Crippen LogP contribution in [0.4, 0.5) is 5.95 Å². The summed E-state index contributed by atoms with van der Waals surface area (Å²) in [5.41, 5.74) is 0.918. The highest BCUT2D eigenvalue weighted by molar-refractivity contribution is 6.30. The van der Waals surface area contributed by atoms with Crippen molar-refractivity contribution in [2.45, 2.75) is 6.04 Å². The monoisotopic (exact) mass is 279 g/mol. The van der Waals surface area contributed by atoms with Crippen LogP contribution in [0.2, 0.25) is 5.02 Å². The summed E-state index contributed by atoms with van der Waals surface area (Å²) >= 11 is 5.72. The molecule has 0 aliphatic carbocycles. The minimum atomic E-state index is -0.285. The number of hydrogen-bond donors (Lipinski definition) is 2. The van der Waals surface area contributed by atoms with Crippen LogP contribution < -0.4 is 10.1 Å². The molecular weight excluding hydrogens is 266 g/mol. The average molecular weight is 280 g/mol. The first-order valence-corrected chi connectivity index (χ1v) is 6.09. The van der Waals surface area contributed by atoms with E-state index in [-0.39, 0.29) is 12.6 Å². The lowest BCUT2D eigenvalue weighted by atomic mass is 10.1. The molecule has 0 fully saturated rings. The minimum absolute atomic E-state index is 0.0711. The van der Waals surface area contributed by atoms with E-state index in [0.717, 1.165) is 11.3 Å². The summed E-state index contributed by atoms with van der Waals surface area (Å²) in [7, 11) is 1.61. The third kappa shape index (κ3) is 3.56. The van der Waals surface area contributed by atoms with E-state index in [0.29, 0.717) is 11.0 Å². The van der Waals surface area contributed by atoms with Gasteiger partial charge in [0.1, 0.15) is 5.75 Å². The summed E-state index contributed by atoms with van der Waals surface area (Å²) < 4.78 is 5.09. The predicted molar refractivity (Wildman–Crippen MR) is 73.5 cm³/mol. The van der Waals surface area contributed by atoms with Crippen molar-refractivity contribution >= 4 is 17.5 Å². The Balaban J connectivity index is 2.12. The fourth-order valence-electron chi connectivity index (χ4n) is 1.61. The zero-order valence-corrected chi connectivity index (χ0v) is 11.1. The lowest BCUT2D eigenvalue weighted by molar-refractivity contribution is 0.275. The van der Waals surface area contributed by atoms with Crippen molar-refractivity contribution in [3.05, 3.63) is 47.2 Å². The van der Waals surface area contributed by atoms with Gasteiger partial charge < -0.3 is 15.2 Å². The molecule has 1 atom stereocenters. The first-order valence-electron chi connectivity index (χ1n) is 5.72. The van der Waals surface area contributed by atoms with Crippen LogP contribution in [0.3, 0.4) is 0 Å². The molecule has 0 unspecified atom stereocenters. The Morgan fingerprint density at radius 3 is 2.42 bits per heavy atom. The summed E-state index contributed by atoms with van der Waals surface area (Å²) in [6.45, 7) is -0.0711. The Labute approximate surface area is 116 Å². The van der Waals surface area contributed by atoms with Gasteiger partial charge in [-0.05, 0) is 17.7 Å². The van der Waals surface area contributed by atoms with Crippen LogP contribution in [-0.2, 0) is 0 Å². The molecule has 0 radical (unpaired) electrons. The van der Waals surface area contributed by atoms with E-state index in [4.69, 9.17) is 16.3 Å². The van der Waals surface area contributed by atoms with Gasteiger partial charge in [-0.1, -0.05) is 23.7 Å². The fourth-order valence-corrected chi connectivity index (χ4v) is 1.71. The van der Waals surface area contributed by atoms with E-state index in [1.165, 1.54) is 12.4 Å². The molecule has 2 N–H and O–H groups in total. The van der Waals surface area contributed by atoms with Crippen molar-refractivity contribution in [1.82, 2.24) is 9.97 Å². The van der Waals surface area contributed by atoms with Crippen LogP contribution in [0.5, 0.6) is 5.75 Å². The van der Waals surface area contributed by atoms with Crippen molar-refractivity contribution in [3.8, 4) is 5.75 Å². The summed E-state index contributed by atoms with van der Waals surface area (Å²) in [6, 6.07) is 7.14. The zero-order chi connectivity index (χ0) is 13.7.